The molecule has 0 saturated heterocycles. The van der Waals surface area contributed by atoms with E-state index >= 15 is 0 Å². The summed E-state index contributed by atoms with van der Waals surface area (Å²) in [6, 6.07) is 12.0. The van der Waals surface area contributed by atoms with Crippen molar-refractivity contribution in [3.8, 4) is 17.2 Å². The summed E-state index contributed by atoms with van der Waals surface area (Å²) in [7, 11) is 0. The zero-order valence-corrected chi connectivity index (χ0v) is 10.2. The van der Waals surface area contributed by atoms with Crippen LogP contribution in [0.5, 0.6) is 0 Å². The molecule has 0 aliphatic heterocycles. The van der Waals surface area contributed by atoms with E-state index in [0.717, 1.165) is 17.5 Å². The number of benzene rings is 1. The first-order valence-corrected chi connectivity index (χ1v) is 5.77. The molecule has 1 aromatic heterocycles. The number of aryl methyl sites for hydroxylation is 1. The van der Waals surface area contributed by atoms with E-state index in [4.69, 9.17) is 16.9 Å². The van der Waals surface area contributed by atoms with Crippen LogP contribution in [0.1, 0.15) is 18.1 Å². The Labute approximate surface area is 105 Å². The molecule has 0 bridgehead atoms. The van der Waals surface area contributed by atoms with Gasteiger partial charge in [-0.15, -0.1) is 0 Å². The first kappa shape index (κ1) is 11.6. The zero-order chi connectivity index (χ0) is 12.3. The van der Waals surface area contributed by atoms with E-state index < -0.39 is 0 Å². The third-order valence-corrected chi connectivity index (χ3v) is 2.96. The molecule has 0 radical (unpaired) electrons. The molecule has 0 saturated carbocycles. The highest BCUT2D eigenvalue weighted by molar-refractivity contribution is 6.30. The highest BCUT2D eigenvalue weighted by Gasteiger charge is 2.04. The number of nitrogens with zero attached hydrogens (tertiary/aromatic N) is 2. The summed E-state index contributed by atoms with van der Waals surface area (Å²) in [5, 5.41) is 9.15. The fourth-order valence-corrected chi connectivity index (χ4v) is 1.76. The molecule has 0 amide bonds. The molecule has 0 N–H and O–H groups in total. The second-order valence-corrected chi connectivity index (χ2v) is 4.08. The molecular formula is C14H11ClN2. The van der Waals surface area contributed by atoms with Gasteiger partial charge in [-0.2, -0.15) is 5.26 Å². The van der Waals surface area contributed by atoms with Crippen molar-refractivity contribution in [3.05, 3.63) is 52.8 Å². The van der Waals surface area contributed by atoms with Gasteiger partial charge in [-0.3, -0.25) is 0 Å². The fourth-order valence-electron chi connectivity index (χ4n) is 1.62. The summed E-state index contributed by atoms with van der Waals surface area (Å²) in [5.74, 6) is 0. The molecule has 1 heterocycles. The van der Waals surface area contributed by atoms with Crippen molar-refractivity contribution in [2.24, 2.45) is 0 Å². The molecule has 1 aromatic carbocycles. The van der Waals surface area contributed by atoms with E-state index in [1.165, 1.54) is 5.56 Å². The van der Waals surface area contributed by atoms with E-state index in [1.54, 1.807) is 12.3 Å². The number of halogens is 1. The van der Waals surface area contributed by atoms with Gasteiger partial charge in [0.05, 0.1) is 5.56 Å². The standard InChI is InChI=1S/C14H11ClN2/c1-2-10-3-5-11(6-4-10)13-7-12(8-16)14(15)17-9-13/h3-7,9H,2H2,1H3. The monoisotopic (exact) mass is 242 g/mol. The lowest BCUT2D eigenvalue weighted by molar-refractivity contribution is 1.14. The number of hydrogen-bond donors (Lipinski definition) is 0. The number of pyridine rings is 1. The molecule has 0 fully saturated rings. The Hall–Kier alpha value is -1.85. The van der Waals surface area contributed by atoms with Gasteiger partial charge < -0.3 is 0 Å². The third-order valence-electron chi connectivity index (χ3n) is 2.66. The highest BCUT2D eigenvalue weighted by Crippen LogP contribution is 2.23. The molecule has 0 aliphatic carbocycles. The van der Waals surface area contributed by atoms with Crippen LogP contribution in [0.25, 0.3) is 11.1 Å². The predicted octanol–water partition coefficient (Wildman–Crippen LogP) is 3.84. The molecule has 3 heteroatoms. The molecule has 0 spiro atoms. The number of hydrogen-bond acceptors (Lipinski definition) is 2. The van der Waals surface area contributed by atoms with Crippen LogP contribution < -0.4 is 0 Å². The van der Waals surface area contributed by atoms with Gasteiger partial charge in [-0.25, -0.2) is 4.98 Å². The van der Waals surface area contributed by atoms with Gasteiger partial charge in [0.25, 0.3) is 0 Å². The minimum absolute atomic E-state index is 0.251. The Bertz CT molecular complexity index is 568. The maximum absolute atomic E-state index is 8.90. The third kappa shape index (κ3) is 2.46. The van der Waals surface area contributed by atoms with Gasteiger partial charge in [-0.05, 0) is 23.6 Å². The molecule has 2 aromatic rings. The average Bonchev–Trinajstić information content (AvgIpc) is 2.39. The average molecular weight is 243 g/mol. The lowest BCUT2D eigenvalue weighted by atomic mass is 10.0. The Balaban J connectivity index is 2.43. The second kappa shape index (κ2) is 4.99. The molecule has 2 rings (SSSR count). The Kier molecular flexibility index (Phi) is 3.41. The summed E-state index contributed by atoms with van der Waals surface area (Å²) in [6.07, 6.45) is 2.70. The van der Waals surface area contributed by atoms with Crippen molar-refractivity contribution in [1.29, 1.82) is 5.26 Å². The van der Waals surface area contributed by atoms with Gasteiger partial charge in [0.1, 0.15) is 11.2 Å². The molecule has 2 nitrogen and oxygen atoms in total. The first-order valence-electron chi connectivity index (χ1n) is 5.39. The van der Waals surface area contributed by atoms with Crippen molar-refractivity contribution in [2.75, 3.05) is 0 Å². The number of rotatable bonds is 2. The van der Waals surface area contributed by atoms with Crippen LogP contribution in [-0.4, -0.2) is 4.98 Å². The maximum atomic E-state index is 8.90. The van der Waals surface area contributed by atoms with Crippen LogP contribution >= 0.6 is 11.6 Å². The molecule has 17 heavy (non-hydrogen) atoms. The summed E-state index contributed by atoms with van der Waals surface area (Å²) < 4.78 is 0. The van der Waals surface area contributed by atoms with Crippen molar-refractivity contribution in [3.63, 3.8) is 0 Å². The Morgan fingerprint density at radius 3 is 2.53 bits per heavy atom. The second-order valence-electron chi connectivity index (χ2n) is 3.72. The van der Waals surface area contributed by atoms with Crippen LogP contribution in [0.15, 0.2) is 36.5 Å². The largest absolute Gasteiger partial charge is 0.243 e. The van der Waals surface area contributed by atoms with Crippen LogP contribution in [0, 0.1) is 11.3 Å². The van der Waals surface area contributed by atoms with Gasteiger partial charge in [0.2, 0.25) is 0 Å². The fraction of sp³-hybridized carbons (Fsp3) is 0.143. The SMILES string of the molecule is CCc1ccc(-c2cnc(Cl)c(C#N)c2)cc1. The zero-order valence-electron chi connectivity index (χ0n) is 9.44. The highest BCUT2D eigenvalue weighted by atomic mass is 35.5. The van der Waals surface area contributed by atoms with Gasteiger partial charge in [0.15, 0.2) is 0 Å². The van der Waals surface area contributed by atoms with Crippen LogP contribution in [0.2, 0.25) is 5.15 Å². The van der Waals surface area contributed by atoms with Crippen molar-refractivity contribution < 1.29 is 0 Å². The first-order chi connectivity index (χ1) is 8.24. The maximum Gasteiger partial charge on any atom is 0.146 e. The minimum Gasteiger partial charge on any atom is -0.243 e. The summed E-state index contributed by atoms with van der Waals surface area (Å²) in [5.41, 5.74) is 3.65. The van der Waals surface area contributed by atoms with E-state index in [-0.39, 0.29) is 5.15 Å². The molecule has 0 aliphatic rings. The van der Waals surface area contributed by atoms with E-state index in [9.17, 15) is 0 Å². The smallest absolute Gasteiger partial charge is 0.146 e. The van der Waals surface area contributed by atoms with E-state index in [1.807, 2.05) is 18.2 Å². The molecule has 84 valence electrons. The summed E-state index contributed by atoms with van der Waals surface area (Å²) in [4.78, 5) is 4.01. The lowest BCUT2D eigenvalue weighted by Gasteiger charge is -2.03. The summed E-state index contributed by atoms with van der Waals surface area (Å²) >= 11 is 5.80. The van der Waals surface area contributed by atoms with Gasteiger partial charge in [0, 0.05) is 11.8 Å². The van der Waals surface area contributed by atoms with Crippen LogP contribution in [-0.2, 0) is 6.42 Å². The van der Waals surface area contributed by atoms with Crippen molar-refractivity contribution in [2.45, 2.75) is 13.3 Å². The molecule has 0 atom stereocenters. The van der Waals surface area contributed by atoms with Crippen molar-refractivity contribution in [1.82, 2.24) is 4.98 Å². The van der Waals surface area contributed by atoms with Crippen LogP contribution in [0.4, 0.5) is 0 Å². The Morgan fingerprint density at radius 2 is 1.94 bits per heavy atom. The topological polar surface area (TPSA) is 36.7 Å². The lowest BCUT2D eigenvalue weighted by Crippen LogP contribution is -1.86. The molecule has 0 unspecified atom stereocenters. The van der Waals surface area contributed by atoms with Crippen molar-refractivity contribution >= 4 is 11.6 Å². The number of aromatic nitrogens is 1. The minimum atomic E-state index is 0.251. The van der Waals surface area contributed by atoms with E-state index in [0.29, 0.717) is 5.56 Å². The molecular weight excluding hydrogens is 232 g/mol. The Morgan fingerprint density at radius 1 is 1.24 bits per heavy atom. The summed E-state index contributed by atoms with van der Waals surface area (Å²) in [6.45, 7) is 2.12. The quantitative estimate of drug-likeness (QED) is 0.751. The van der Waals surface area contributed by atoms with Gasteiger partial charge in [-0.1, -0.05) is 42.8 Å². The van der Waals surface area contributed by atoms with E-state index in [2.05, 4.69) is 24.0 Å². The number of nitriles is 1. The van der Waals surface area contributed by atoms with Crippen LogP contribution in [0.3, 0.4) is 0 Å². The van der Waals surface area contributed by atoms with Gasteiger partial charge >= 0.3 is 0 Å². The predicted molar refractivity (Wildman–Crippen MR) is 68.8 cm³/mol. The normalized spacial score (nSPS) is 9.94.